The summed E-state index contributed by atoms with van der Waals surface area (Å²) in [6, 6.07) is 13.7. The number of benzene rings is 2. The van der Waals surface area contributed by atoms with E-state index in [0.717, 1.165) is 41.0 Å². The van der Waals surface area contributed by atoms with Crippen LogP contribution in [0.1, 0.15) is 65.5 Å². The number of hydrogen-bond donors (Lipinski definition) is 0. The first-order chi connectivity index (χ1) is 16.4. The number of aromatic nitrogens is 1. The number of rotatable bonds is 9. The van der Waals surface area contributed by atoms with Gasteiger partial charge in [0.1, 0.15) is 11.5 Å². The average molecular weight is 462 g/mol. The Kier molecular flexibility index (Phi) is 7.15. The molecule has 0 radical (unpaired) electrons. The van der Waals surface area contributed by atoms with Gasteiger partial charge in [0.05, 0.1) is 30.9 Å². The van der Waals surface area contributed by atoms with E-state index in [0.29, 0.717) is 36.7 Å². The molecule has 1 aliphatic rings. The molecule has 1 heterocycles. The van der Waals surface area contributed by atoms with E-state index in [1.807, 2.05) is 56.3 Å². The van der Waals surface area contributed by atoms with Crippen molar-refractivity contribution in [2.45, 2.75) is 52.4 Å². The molecule has 6 nitrogen and oxygen atoms in total. The number of fused-ring (bicyclic) bond motifs is 1. The molecule has 0 fully saturated rings. The fourth-order valence-corrected chi connectivity index (χ4v) is 4.87. The van der Waals surface area contributed by atoms with Crippen molar-refractivity contribution in [3.8, 4) is 17.2 Å². The van der Waals surface area contributed by atoms with Crippen LogP contribution in [0, 0.1) is 12.8 Å². The molecule has 0 spiro atoms. The summed E-state index contributed by atoms with van der Waals surface area (Å²) < 4.78 is 17.0. The molecule has 1 aromatic heterocycles. The van der Waals surface area contributed by atoms with Gasteiger partial charge >= 0.3 is 5.97 Å². The normalized spacial score (nSPS) is 15.6. The Morgan fingerprint density at radius 2 is 1.97 bits per heavy atom. The zero-order chi connectivity index (χ0) is 24.2. The zero-order valence-corrected chi connectivity index (χ0v) is 20.2. The number of hydrogen-bond acceptors (Lipinski definition) is 6. The molecule has 2 aromatic carbocycles. The van der Waals surface area contributed by atoms with Gasteiger partial charge in [0.25, 0.3) is 0 Å². The van der Waals surface area contributed by atoms with Crippen LogP contribution < -0.4 is 4.74 Å². The maximum Gasteiger partial charge on any atom is 0.309 e. The van der Waals surface area contributed by atoms with Gasteiger partial charge in [-0.25, -0.2) is 4.98 Å². The predicted octanol–water partition coefficient (Wildman–Crippen LogP) is 5.70. The summed E-state index contributed by atoms with van der Waals surface area (Å²) in [4.78, 5) is 29.4. The third-order valence-electron chi connectivity index (χ3n) is 6.68. The number of carbonyl (C=O) groups is 2. The van der Waals surface area contributed by atoms with Gasteiger partial charge in [-0.1, -0.05) is 25.1 Å². The van der Waals surface area contributed by atoms with E-state index in [2.05, 4.69) is 4.98 Å². The van der Waals surface area contributed by atoms with Crippen LogP contribution in [0.5, 0.6) is 5.75 Å². The number of aryl methyl sites for hydroxylation is 2. The van der Waals surface area contributed by atoms with Crippen molar-refractivity contribution in [1.29, 1.82) is 0 Å². The summed E-state index contributed by atoms with van der Waals surface area (Å²) in [5.41, 5.74) is 4.52. The minimum absolute atomic E-state index is 0.0569. The number of methoxy groups -OCH3 is 1. The van der Waals surface area contributed by atoms with Crippen molar-refractivity contribution in [2.24, 2.45) is 5.92 Å². The highest BCUT2D eigenvalue weighted by molar-refractivity contribution is 5.97. The molecule has 34 heavy (non-hydrogen) atoms. The topological polar surface area (TPSA) is 78.6 Å². The summed E-state index contributed by atoms with van der Waals surface area (Å²) in [5.74, 6) is 1.56. The second kappa shape index (κ2) is 10.2. The van der Waals surface area contributed by atoms with E-state index in [-0.39, 0.29) is 23.6 Å². The second-order valence-corrected chi connectivity index (χ2v) is 8.77. The molecular weight excluding hydrogens is 430 g/mol. The molecule has 0 saturated heterocycles. The van der Waals surface area contributed by atoms with Gasteiger partial charge < -0.3 is 13.9 Å². The Hall–Kier alpha value is -3.41. The number of nitrogens with zero attached hydrogens (tertiary/aromatic N) is 1. The molecular formula is C28H31NO5. The molecule has 2 atom stereocenters. The van der Waals surface area contributed by atoms with Gasteiger partial charge in [0, 0.05) is 12.0 Å². The Morgan fingerprint density at radius 1 is 1.21 bits per heavy atom. The summed E-state index contributed by atoms with van der Waals surface area (Å²) >= 11 is 0. The fraction of sp³-hybridized carbons (Fsp3) is 0.393. The van der Waals surface area contributed by atoms with Gasteiger partial charge in [0.2, 0.25) is 5.89 Å². The highest BCUT2D eigenvalue weighted by Crippen LogP contribution is 2.43. The zero-order valence-electron chi connectivity index (χ0n) is 20.2. The number of esters is 1. The maximum atomic E-state index is 12.5. The van der Waals surface area contributed by atoms with Crippen LogP contribution in [0.4, 0.5) is 0 Å². The summed E-state index contributed by atoms with van der Waals surface area (Å²) in [6.45, 7) is 5.82. The van der Waals surface area contributed by atoms with E-state index in [9.17, 15) is 9.59 Å². The third-order valence-corrected chi connectivity index (χ3v) is 6.68. The van der Waals surface area contributed by atoms with E-state index < -0.39 is 0 Å². The first-order valence-corrected chi connectivity index (χ1v) is 11.8. The lowest BCUT2D eigenvalue weighted by atomic mass is 9.84. The van der Waals surface area contributed by atoms with Crippen LogP contribution >= 0.6 is 0 Å². The van der Waals surface area contributed by atoms with E-state index in [4.69, 9.17) is 13.9 Å². The number of ketones is 1. The summed E-state index contributed by atoms with van der Waals surface area (Å²) in [7, 11) is 1.43. The van der Waals surface area contributed by atoms with Gasteiger partial charge in [-0.3, -0.25) is 9.59 Å². The van der Waals surface area contributed by atoms with Crippen LogP contribution in [-0.4, -0.2) is 30.5 Å². The molecule has 1 aliphatic carbocycles. The molecule has 3 aromatic rings. The lowest BCUT2D eigenvalue weighted by Crippen LogP contribution is -2.22. The Morgan fingerprint density at radius 3 is 2.65 bits per heavy atom. The van der Waals surface area contributed by atoms with E-state index in [1.165, 1.54) is 7.11 Å². The fourth-order valence-electron chi connectivity index (χ4n) is 4.87. The van der Waals surface area contributed by atoms with Crippen molar-refractivity contribution in [2.75, 3.05) is 13.7 Å². The number of oxazole rings is 1. The van der Waals surface area contributed by atoms with Crippen LogP contribution in [-0.2, 0) is 22.4 Å². The van der Waals surface area contributed by atoms with Gasteiger partial charge in [0.15, 0.2) is 5.78 Å². The maximum absolute atomic E-state index is 12.5. The first kappa shape index (κ1) is 23.7. The molecule has 0 aliphatic heterocycles. The van der Waals surface area contributed by atoms with E-state index in [1.54, 1.807) is 6.92 Å². The number of ether oxygens (including phenoxy) is 2. The smallest absolute Gasteiger partial charge is 0.309 e. The molecule has 0 N–H and O–H groups in total. The molecule has 4 rings (SSSR count). The van der Waals surface area contributed by atoms with Crippen molar-refractivity contribution in [3.63, 3.8) is 0 Å². The lowest BCUT2D eigenvalue weighted by molar-refractivity contribution is -0.146. The van der Waals surface area contributed by atoms with Crippen molar-refractivity contribution in [1.82, 2.24) is 4.98 Å². The van der Waals surface area contributed by atoms with Crippen LogP contribution in [0.3, 0.4) is 0 Å². The molecule has 0 bridgehead atoms. The predicted molar refractivity (Wildman–Crippen MR) is 129 cm³/mol. The summed E-state index contributed by atoms with van der Waals surface area (Å²) in [6.07, 6.45) is 2.99. The average Bonchev–Trinajstić information content (AvgIpc) is 3.42. The molecule has 0 amide bonds. The van der Waals surface area contributed by atoms with Crippen molar-refractivity contribution in [3.05, 3.63) is 70.6 Å². The Bertz CT molecular complexity index is 1180. The van der Waals surface area contributed by atoms with Crippen LogP contribution in [0.25, 0.3) is 11.5 Å². The van der Waals surface area contributed by atoms with Gasteiger partial charge in [-0.15, -0.1) is 0 Å². The molecule has 6 heteroatoms. The minimum atomic E-state index is -0.202. The first-order valence-electron chi connectivity index (χ1n) is 11.8. The van der Waals surface area contributed by atoms with Gasteiger partial charge in [-0.2, -0.15) is 0 Å². The largest absolute Gasteiger partial charge is 0.492 e. The lowest BCUT2D eigenvalue weighted by Gasteiger charge is -2.21. The quantitative estimate of drug-likeness (QED) is 0.300. The number of Topliss-reactive ketones (excluding diaryl/α,β-unsaturated/α-hetero) is 1. The Balaban J connectivity index is 1.51. The van der Waals surface area contributed by atoms with Crippen LogP contribution in [0.15, 0.2) is 46.9 Å². The monoisotopic (exact) mass is 461 g/mol. The van der Waals surface area contributed by atoms with Crippen molar-refractivity contribution < 1.29 is 23.5 Å². The van der Waals surface area contributed by atoms with E-state index >= 15 is 0 Å². The minimum Gasteiger partial charge on any atom is -0.492 e. The number of carbonyl (C=O) groups excluding carboxylic acids is 2. The Labute approximate surface area is 200 Å². The summed E-state index contributed by atoms with van der Waals surface area (Å²) in [5, 5.41) is 0. The molecule has 178 valence electrons. The van der Waals surface area contributed by atoms with Crippen molar-refractivity contribution >= 4 is 11.8 Å². The highest BCUT2D eigenvalue weighted by atomic mass is 16.5. The SMILES string of the molecule is CCC(C(=O)OC)C1CCc2cc(OCCc3nc(-c4ccccc4)oc3C)c(C(C)=O)cc21. The highest BCUT2D eigenvalue weighted by Gasteiger charge is 2.35. The molecule has 0 saturated carbocycles. The van der Waals surface area contributed by atoms with Crippen LogP contribution in [0.2, 0.25) is 0 Å². The standard InChI is InChI=1S/C28H31NO5/c1-5-21(28(31)32-4)22-12-11-20-15-26(23(17(2)30)16-24(20)22)33-14-13-25-18(3)34-27(29-25)19-9-7-6-8-10-19/h6-10,15-16,21-22H,5,11-14H2,1-4H3. The third kappa shape index (κ3) is 4.76. The molecule has 2 unspecified atom stereocenters. The second-order valence-electron chi connectivity index (χ2n) is 8.77. The van der Waals surface area contributed by atoms with Gasteiger partial charge in [-0.05, 0) is 74.4 Å².